The van der Waals surface area contributed by atoms with Crippen LogP contribution >= 0.6 is 22.9 Å². The first-order valence-corrected chi connectivity index (χ1v) is 9.00. The number of esters is 1. The van der Waals surface area contributed by atoms with Gasteiger partial charge in [-0.15, -0.1) is 11.3 Å². The second-order valence-electron chi connectivity index (χ2n) is 5.39. The van der Waals surface area contributed by atoms with Crippen LogP contribution in [-0.2, 0) is 16.0 Å². The number of hydrogen-bond acceptors (Lipinski definition) is 5. The molecule has 1 N–H and O–H groups in total. The molecule has 7 heteroatoms. The molecule has 1 heterocycles. The summed E-state index contributed by atoms with van der Waals surface area (Å²) in [5.41, 5.74) is 1.30. The van der Waals surface area contributed by atoms with E-state index >= 15 is 0 Å². The average Bonchev–Trinajstić information content (AvgIpc) is 2.89. The SMILES string of the molecule is CCc1c(C)sc(NC(=O)[C@H](C)Oc2cccc(Cl)c2)c1C(=O)OC. The molecular weight excluding hydrogens is 362 g/mol. The molecule has 0 aliphatic rings. The molecule has 2 aromatic rings. The third kappa shape index (κ3) is 4.52. The zero-order valence-corrected chi connectivity index (χ0v) is 16.1. The predicted octanol–water partition coefficient (Wildman–Crippen LogP) is 4.46. The number of carbonyl (C=O) groups is 2. The molecule has 0 saturated carbocycles. The third-order valence-corrected chi connectivity index (χ3v) is 4.96. The number of thiophene rings is 1. The summed E-state index contributed by atoms with van der Waals surface area (Å²) >= 11 is 7.27. The Morgan fingerprint density at radius 3 is 2.68 bits per heavy atom. The van der Waals surface area contributed by atoms with Gasteiger partial charge >= 0.3 is 5.97 Å². The van der Waals surface area contributed by atoms with E-state index in [1.807, 2.05) is 13.8 Å². The molecule has 1 aromatic heterocycles. The molecule has 0 aliphatic carbocycles. The van der Waals surface area contributed by atoms with E-state index in [0.717, 1.165) is 10.4 Å². The highest BCUT2D eigenvalue weighted by Gasteiger charge is 2.25. The molecule has 0 radical (unpaired) electrons. The van der Waals surface area contributed by atoms with E-state index < -0.39 is 12.1 Å². The molecule has 1 amide bonds. The Morgan fingerprint density at radius 2 is 2.08 bits per heavy atom. The van der Waals surface area contributed by atoms with Gasteiger partial charge in [0.1, 0.15) is 10.8 Å². The lowest BCUT2D eigenvalue weighted by Gasteiger charge is -2.15. The number of carbonyl (C=O) groups excluding carboxylic acids is 2. The summed E-state index contributed by atoms with van der Waals surface area (Å²) < 4.78 is 10.5. The van der Waals surface area contributed by atoms with Gasteiger partial charge in [-0.1, -0.05) is 24.6 Å². The standard InChI is InChI=1S/C18H20ClNO4S/c1-5-14-11(3)25-17(15(14)18(22)23-4)20-16(21)10(2)24-13-8-6-7-12(19)9-13/h6-10H,5H2,1-4H3,(H,20,21)/t10-/m0/s1. The lowest BCUT2D eigenvalue weighted by Crippen LogP contribution is -2.30. The van der Waals surface area contributed by atoms with Gasteiger partial charge in [0.25, 0.3) is 5.91 Å². The maximum atomic E-state index is 12.5. The van der Waals surface area contributed by atoms with E-state index in [4.69, 9.17) is 21.1 Å². The number of halogens is 1. The smallest absolute Gasteiger partial charge is 0.341 e. The fraction of sp³-hybridized carbons (Fsp3) is 0.333. The lowest BCUT2D eigenvalue weighted by atomic mass is 10.1. The van der Waals surface area contributed by atoms with Crippen LogP contribution in [0.25, 0.3) is 0 Å². The van der Waals surface area contributed by atoms with Crippen LogP contribution in [0.3, 0.4) is 0 Å². The highest BCUT2D eigenvalue weighted by Crippen LogP contribution is 2.34. The van der Waals surface area contributed by atoms with E-state index in [1.165, 1.54) is 18.4 Å². The minimum absolute atomic E-state index is 0.353. The van der Waals surface area contributed by atoms with Gasteiger partial charge < -0.3 is 14.8 Å². The molecular formula is C18H20ClNO4S. The van der Waals surface area contributed by atoms with Gasteiger partial charge in [-0.25, -0.2) is 4.79 Å². The molecule has 0 saturated heterocycles. The second kappa shape index (κ2) is 8.36. The Labute approximate surface area is 155 Å². The van der Waals surface area contributed by atoms with Crippen LogP contribution in [0.1, 0.15) is 34.6 Å². The fourth-order valence-corrected chi connectivity index (χ4v) is 3.74. The van der Waals surface area contributed by atoms with Crippen molar-refractivity contribution in [1.82, 2.24) is 0 Å². The Bertz CT molecular complexity index is 787. The van der Waals surface area contributed by atoms with Crippen molar-refractivity contribution in [3.8, 4) is 5.75 Å². The highest BCUT2D eigenvalue weighted by atomic mass is 35.5. The largest absolute Gasteiger partial charge is 0.481 e. The molecule has 0 spiro atoms. The average molecular weight is 382 g/mol. The van der Waals surface area contributed by atoms with Gasteiger partial charge in [0.15, 0.2) is 6.10 Å². The fourth-order valence-electron chi connectivity index (χ4n) is 2.42. The predicted molar refractivity (Wildman–Crippen MR) is 99.9 cm³/mol. The van der Waals surface area contributed by atoms with Crippen molar-refractivity contribution in [2.45, 2.75) is 33.3 Å². The van der Waals surface area contributed by atoms with Crippen LogP contribution in [-0.4, -0.2) is 25.1 Å². The summed E-state index contributed by atoms with van der Waals surface area (Å²) in [5, 5.41) is 3.78. The number of methoxy groups -OCH3 is 1. The summed E-state index contributed by atoms with van der Waals surface area (Å²) in [7, 11) is 1.32. The van der Waals surface area contributed by atoms with E-state index in [9.17, 15) is 9.59 Å². The molecule has 0 bridgehead atoms. The van der Waals surface area contributed by atoms with Crippen LogP contribution in [0, 0.1) is 6.92 Å². The maximum absolute atomic E-state index is 12.5. The van der Waals surface area contributed by atoms with Gasteiger partial charge in [0, 0.05) is 9.90 Å². The molecule has 2 rings (SSSR count). The lowest BCUT2D eigenvalue weighted by molar-refractivity contribution is -0.122. The van der Waals surface area contributed by atoms with E-state index in [2.05, 4.69) is 5.32 Å². The summed E-state index contributed by atoms with van der Waals surface area (Å²) in [6.45, 7) is 5.50. The van der Waals surface area contributed by atoms with Gasteiger partial charge in [-0.2, -0.15) is 0 Å². The van der Waals surface area contributed by atoms with Crippen molar-refractivity contribution in [2.24, 2.45) is 0 Å². The molecule has 134 valence electrons. The van der Waals surface area contributed by atoms with Crippen molar-refractivity contribution in [2.75, 3.05) is 12.4 Å². The van der Waals surface area contributed by atoms with Crippen molar-refractivity contribution < 1.29 is 19.1 Å². The third-order valence-electron chi connectivity index (χ3n) is 3.67. The molecule has 0 aliphatic heterocycles. The molecule has 1 aromatic carbocycles. The quantitative estimate of drug-likeness (QED) is 0.750. The topological polar surface area (TPSA) is 64.6 Å². The Kier molecular flexibility index (Phi) is 6.45. The molecule has 1 atom stereocenters. The van der Waals surface area contributed by atoms with Gasteiger partial charge in [-0.05, 0) is 44.0 Å². The first-order chi connectivity index (χ1) is 11.9. The van der Waals surface area contributed by atoms with E-state index in [-0.39, 0.29) is 5.91 Å². The molecule has 0 unspecified atom stereocenters. The normalized spacial score (nSPS) is 11.7. The van der Waals surface area contributed by atoms with Gasteiger partial charge in [0.2, 0.25) is 0 Å². The minimum Gasteiger partial charge on any atom is -0.481 e. The van der Waals surface area contributed by atoms with Crippen LogP contribution in [0.5, 0.6) is 5.75 Å². The van der Waals surface area contributed by atoms with Crippen LogP contribution in [0.2, 0.25) is 5.02 Å². The number of benzene rings is 1. The van der Waals surface area contributed by atoms with Crippen molar-refractivity contribution >= 4 is 39.8 Å². The summed E-state index contributed by atoms with van der Waals surface area (Å²) in [6.07, 6.45) is -0.0755. The van der Waals surface area contributed by atoms with Crippen molar-refractivity contribution in [3.05, 3.63) is 45.3 Å². The number of hydrogen-bond donors (Lipinski definition) is 1. The first kappa shape index (κ1) is 19.3. The van der Waals surface area contributed by atoms with E-state index in [1.54, 1.807) is 31.2 Å². The first-order valence-electron chi connectivity index (χ1n) is 7.81. The number of rotatable bonds is 6. The maximum Gasteiger partial charge on any atom is 0.341 e. The minimum atomic E-state index is -0.753. The number of nitrogens with one attached hydrogen (secondary N) is 1. The number of amides is 1. The Morgan fingerprint density at radius 1 is 1.36 bits per heavy atom. The number of ether oxygens (including phenoxy) is 2. The summed E-state index contributed by atoms with van der Waals surface area (Å²) in [6, 6.07) is 6.83. The van der Waals surface area contributed by atoms with Crippen molar-refractivity contribution in [3.63, 3.8) is 0 Å². The molecule has 5 nitrogen and oxygen atoms in total. The van der Waals surface area contributed by atoms with Gasteiger partial charge in [0.05, 0.1) is 12.7 Å². The summed E-state index contributed by atoms with van der Waals surface area (Å²) in [4.78, 5) is 25.5. The number of aryl methyl sites for hydroxylation is 1. The summed E-state index contributed by atoms with van der Waals surface area (Å²) in [5.74, 6) is -0.311. The number of anilines is 1. The zero-order chi connectivity index (χ0) is 18.6. The Balaban J connectivity index is 2.18. The zero-order valence-electron chi connectivity index (χ0n) is 14.5. The Hall–Kier alpha value is -2.05. The van der Waals surface area contributed by atoms with Crippen LogP contribution in [0.15, 0.2) is 24.3 Å². The molecule has 0 fully saturated rings. The van der Waals surface area contributed by atoms with Gasteiger partial charge in [-0.3, -0.25) is 4.79 Å². The highest BCUT2D eigenvalue weighted by molar-refractivity contribution is 7.16. The molecule has 25 heavy (non-hydrogen) atoms. The monoisotopic (exact) mass is 381 g/mol. The van der Waals surface area contributed by atoms with E-state index in [0.29, 0.717) is 27.8 Å². The van der Waals surface area contributed by atoms with Crippen LogP contribution in [0.4, 0.5) is 5.00 Å². The van der Waals surface area contributed by atoms with Crippen molar-refractivity contribution in [1.29, 1.82) is 0 Å². The second-order valence-corrected chi connectivity index (χ2v) is 7.05. The van der Waals surface area contributed by atoms with Crippen LogP contribution < -0.4 is 10.1 Å².